The van der Waals surface area contributed by atoms with Crippen LogP contribution in [0.1, 0.15) is 51.0 Å². The first-order valence-electron chi connectivity index (χ1n) is 11.6. The number of amides is 6. The Labute approximate surface area is 195 Å². The van der Waals surface area contributed by atoms with Crippen LogP contribution in [-0.2, 0) is 15.1 Å². The molecule has 1 aromatic carbocycles. The van der Waals surface area contributed by atoms with Gasteiger partial charge in [0.15, 0.2) is 0 Å². The maximum absolute atomic E-state index is 13.0. The number of nitro groups is 1. The van der Waals surface area contributed by atoms with Gasteiger partial charge in [-0.3, -0.25) is 29.9 Å². The summed E-state index contributed by atoms with van der Waals surface area (Å²) in [5.41, 5.74) is -1.84. The van der Waals surface area contributed by atoms with E-state index in [0.717, 1.165) is 19.3 Å². The van der Waals surface area contributed by atoms with Gasteiger partial charge in [-0.05, 0) is 68.8 Å². The van der Waals surface area contributed by atoms with E-state index >= 15 is 0 Å². The van der Waals surface area contributed by atoms with Crippen molar-refractivity contribution in [3.63, 3.8) is 0 Å². The Morgan fingerprint density at radius 2 is 1.76 bits per heavy atom. The standard InChI is InChI=1S/C23H27N5O6/c1-22(16-3-2-4-17(8-16)28(33)34)19(30)27(21(32)26-22)12-18(29)24-20(31)25-23-9-13-5-14(10-23)7-15(6-13)11-23/h2-4,8,13-15H,5-7,9-12H2,1H3,(H,26,32)(H2,24,25,29,31). The van der Waals surface area contributed by atoms with Crippen molar-refractivity contribution in [3.05, 3.63) is 39.9 Å². The molecule has 4 aliphatic carbocycles. The quantitative estimate of drug-likeness (QED) is 0.342. The molecule has 5 aliphatic rings. The minimum Gasteiger partial charge on any atom is -0.332 e. The van der Waals surface area contributed by atoms with Crippen molar-refractivity contribution >= 4 is 29.6 Å². The summed E-state index contributed by atoms with van der Waals surface area (Å²) in [6, 6.07) is 3.98. The number of urea groups is 2. The fourth-order valence-electron chi connectivity index (χ4n) is 6.81. The number of nitrogens with zero attached hydrogens (tertiary/aromatic N) is 2. The molecule has 0 aromatic heterocycles. The van der Waals surface area contributed by atoms with Crippen molar-refractivity contribution in [1.82, 2.24) is 20.9 Å². The first-order chi connectivity index (χ1) is 16.1. The fraction of sp³-hybridized carbons (Fsp3) is 0.565. The second-order valence-electron chi connectivity index (χ2n) is 10.5. The van der Waals surface area contributed by atoms with Crippen LogP contribution in [0.2, 0.25) is 0 Å². The van der Waals surface area contributed by atoms with E-state index < -0.39 is 40.9 Å². The first-order valence-corrected chi connectivity index (χ1v) is 11.6. The second-order valence-corrected chi connectivity index (χ2v) is 10.5. The van der Waals surface area contributed by atoms with Gasteiger partial charge in [0.2, 0.25) is 5.91 Å². The minimum absolute atomic E-state index is 0.224. The number of carbonyl (C=O) groups is 4. The molecule has 11 nitrogen and oxygen atoms in total. The lowest BCUT2D eigenvalue weighted by Crippen LogP contribution is -2.62. The Morgan fingerprint density at radius 1 is 1.15 bits per heavy atom. The van der Waals surface area contributed by atoms with Crippen LogP contribution in [0, 0.1) is 27.9 Å². The molecule has 34 heavy (non-hydrogen) atoms. The van der Waals surface area contributed by atoms with Gasteiger partial charge in [0.1, 0.15) is 12.1 Å². The fourth-order valence-corrected chi connectivity index (χ4v) is 6.81. The highest BCUT2D eigenvalue weighted by Crippen LogP contribution is 2.55. The molecule has 0 spiro atoms. The Bertz CT molecular complexity index is 1070. The van der Waals surface area contributed by atoms with E-state index in [1.807, 2.05) is 0 Å². The van der Waals surface area contributed by atoms with Crippen molar-refractivity contribution < 1.29 is 24.1 Å². The lowest BCUT2D eigenvalue weighted by Gasteiger charge is -2.56. The van der Waals surface area contributed by atoms with E-state index in [9.17, 15) is 29.3 Å². The smallest absolute Gasteiger partial charge is 0.325 e. The number of imide groups is 2. The third-order valence-electron chi connectivity index (χ3n) is 7.88. The molecule has 180 valence electrons. The highest BCUT2D eigenvalue weighted by molar-refractivity contribution is 6.10. The summed E-state index contributed by atoms with van der Waals surface area (Å²) < 4.78 is 0. The SMILES string of the molecule is CC1(c2cccc([N+](=O)[O-])c2)NC(=O)N(CC(=O)NC(=O)NC23CC4CC(CC(C4)C2)C3)C1=O. The van der Waals surface area contributed by atoms with Crippen LogP contribution < -0.4 is 16.0 Å². The molecule has 1 aromatic rings. The third kappa shape index (κ3) is 3.78. The molecule has 1 atom stereocenters. The number of carbonyl (C=O) groups excluding carboxylic acids is 4. The maximum Gasteiger partial charge on any atom is 0.325 e. The maximum atomic E-state index is 13.0. The first kappa shape index (κ1) is 22.3. The summed E-state index contributed by atoms with van der Waals surface area (Å²) in [6.07, 6.45) is 6.44. The van der Waals surface area contributed by atoms with E-state index in [4.69, 9.17) is 0 Å². The van der Waals surface area contributed by atoms with Gasteiger partial charge < -0.3 is 10.6 Å². The highest BCUT2D eigenvalue weighted by atomic mass is 16.6. The van der Waals surface area contributed by atoms with Crippen LogP contribution in [0.15, 0.2) is 24.3 Å². The van der Waals surface area contributed by atoms with Crippen LogP contribution in [-0.4, -0.2) is 45.8 Å². The highest BCUT2D eigenvalue weighted by Gasteiger charge is 2.52. The lowest BCUT2D eigenvalue weighted by molar-refractivity contribution is -0.385. The van der Waals surface area contributed by atoms with Gasteiger partial charge in [-0.25, -0.2) is 9.59 Å². The van der Waals surface area contributed by atoms with Crippen LogP contribution >= 0.6 is 0 Å². The van der Waals surface area contributed by atoms with E-state index in [2.05, 4.69) is 16.0 Å². The summed E-state index contributed by atoms with van der Waals surface area (Å²) >= 11 is 0. The van der Waals surface area contributed by atoms with E-state index in [-0.39, 0.29) is 16.8 Å². The molecule has 4 saturated carbocycles. The molecule has 6 amide bonds. The summed E-state index contributed by atoms with van der Waals surface area (Å²) in [5, 5.41) is 18.9. The summed E-state index contributed by atoms with van der Waals surface area (Å²) in [5.74, 6) is 0.364. The number of nitrogens with one attached hydrogen (secondary N) is 3. The molecule has 1 saturated heterocycles. The zero-order valence-corrected chi connectivity index (χ0v) is 18.8. The monoisotopic (exact) mass is 469 g/mol. The topological polar surface area (TPSA) is 151 Å². The van der Waals surface area contributed by atoms with Gasteiger partial charge in [0.05, 0.1) is 4.92 Å². The molecule has 11 heteroatoms. The molecular formula is C23H27N5O6. The third-order valence-corrected chi connectivity index (χ3v) is 7.88. The van der Waals surface area contributed by atoms with Crippen LogP contribution in [0.4, 0.5) is 15.3 Å². The van der Waals surface area contributed by atoms with Crippen LogP contribution in [0.25, 0.3) is 0 Å². The van der Waals surface area contributed by atoms with Gasteiger partial charge in [-0.1, -0.05) is 12.1 Å². The van der Waals surface area contributed by atoms with E-state index in [1.165, 1.54) is 50.5 Å². The second kappa shape index (κ2) is 7.78. The van der Waals surface area contributed by atoms with Crippen molar-refractivity contribution in [2.24, 2.45) is 17.8 Å². The summed E-state index contributed by atoms with van der Waals surface area (Å²) in [4.78, 5) is 61.9. The van der Waals surface area contributed by atoms with E-state index in [1.54, 1.807) is 0 Å². The molecule has 6 rings (SSSR count). The number of hydrogen-bond acceptors (Lipinski definition) is 6. The zero-order chi connectivity index (χ0) is 24.3. The molecule has 1 aliphatic heterocycles. The summed E-state index contributed by atoms with van der Waals surface area (Å²) in [7, 11) is 0. The molecular weight excluding hydrogens is 442 g/mol. The molecule has 1 heterocycles. The number of non-ortho nitro benzene ring substituents is 1. The number of benzene rings is 1. The summed E-state index contributed by atoms with van der Waals surface area (Å²) in [6.45, 7) is 0.785. The molecule has 5 fully saturated rings. The predicted molar refractivity (Wildman–Crippen MR) is 118 cm³/mol. The predicted octanol–water partition coefficient (Wildman–Crippen LogP) is 2.16. The molecule has 1 unspecified atom stereocenters. The number of hydrogen-bond donors (Lipinski definition) is 3. The zero-order valence-electron chi connectivity index (χ0n) is 18.8. The molecule has 4 bridgehead atoms. The van der Waals surface area contributed by atoms with Gasteiger partial charge in [-0.15, -0.1) is 0 Å². The van der Waals surface area contributed by atoms with E-state index in [0.29, 0.717) is 22.7 Å². The Kier molecular flexibility index (Phi) is 5.10. The molecule has 0 radical (unpaired) electrons. The average Bonchev–Trinajstić information content (AvgIpc) is 2.96. The Hall–Kier alpha value is -3.50. The van der Waals surface area contributed by atoms with Gasteiger partial charge in [0, 0.05) is 17.7 Å². The molecule has 3 N–H and O–H groups in total. The normalized spacial score (nSPS) is 33.6. The van der Waals surface area contributed by atoms with Crippen molar-refractivity contribution in [2.45, 2.75) is 56.5 Å². The van der Waals surface area contributed by atoms with Crippen LogP contribution in [0.5, 0.6) is 0 Å². The van der Waals surface area contributed by atoms with Gasteiger partial charge in [-0.2, -0.15) is 0 Å². The Balaban J connectivity index is 1.22. The number of rotatable bonds is 5. The largest absolute Gasteiger partial charge is 0.332 e. The average molecular weight is 469 g/mol. The van der Waals surface area contributed by atoms with Gasteiger partial charge in [0.25, 0.3) is 11.6 Å². The Morgan fingerprint density at radius 3 is 2.35 bits per heavy atom. The van der Waals surface area contributed by atoms with Crippen molar-refractivity contribution in [2.75, 3.05) is 6.54 Å². The van der Waals surface area contributed by atoms with Crippen molar-refractivity contribution in [1.29, 1.82) is 0 Å². The number of nitro benzene ring substituents is 1. The minimum atomic E-state index is -1.56. The lowest BCUT2D eigenvalue weighted by atomic mass is 9.53. The van der Waals surface area contributed by atoms with Crippen molar-refractivity contribution in [3.8, 4) is 0 Å². The van der Waals surface area contributed by atoms with Crippen LogP contribution in [0.3, 0.4) is 0 Å². The van der Waals surface area contributed by atoms with Gasteiger partial charge >= 0.3 is 12.1 Å².